The summed E-state index contributed by atoms with van der Waals surface area (Å²) in [6, 6.07) is 1.92. The Morgan fingerprint density at radius 3 is 2.76 bits per heavy atom. The van der Waals surface area contributed by atoms with Gasteiger partial charge in [-0.05, 0) is 12.5 Å². The van der Waals surface area contributed by atoms with Gasteiger partial charge in [-0.1, -0.05) is 0 Å². The monoisotopic (exact) mass is 242 g/mol. The number of hydrogen-bond acceptors (Lipinski definition) is 4. The van der Waals surface area contributed by atoms with Gasteiger partial charge in [0.2, 0.25) is 0 Å². The van der Waals surface area contributed by atoms with E-state index in [1.54, 1.807) is 0 Å². The summed E-state index contributed by atoms with van der Waals surface area (Å²) in [6.45, 7) is 1.01. The first-order valence-corrected chi connectivity index (χ1v) is 4.81. The number of amides is 1. The fraction of sp³-hybridized carbons (Fsp3) is 0.300. The summed E-state index contributed by atoms with van der Waals surface area (Å²) in [5.74, 6) is -1.59. The minimum atomic E-state index is -0.800. The summed E-state index contributed by atoms with van der Waals surface area (Å²) in [4.78, 5) is 21.3. The molecule has 2 N–H and O–H groups in total. The summed E-state index contributed by atoms with van der Waals surface area (Å²) >= 11 is 0. The summed E-state index contributed by atoms with van der Waals surface area (Å²) in [5.41, 5.74) is -0.725. The molecule has 1 aromatic rings. The van der Waals surface area contributed by atoms with E-state index in [4.69, 9.17) is 5.11 Å². The van der Waals surface area contributed by atoms with Crippen molar-refractivity contribution in [3.8, 4) is 0 Å². The molecule has 0 fully saturated rings. The Morgan fingerprint density at radius 2 is 2.24 bits per heavy atom. The van der Waals surface area contributed by atoms with Crippen molar-refractivity contribution in [3.05, 3.63) is 39.2 Å². The van der Waals surface area contributed by atoms with Gasteiger partial charge in [0.05, 0.1) is 17.1 Å². The van der Waals surface area contributed by atoms with Gasteiger partial charge in [-0.15, -0.1) is 0 Å². The van der Waals surface area contributed by atoms with Crippen molar-refractivity contribution in [1.29, 1.82) is 0 Å². The fourth-order valence-electron chi connectivity index (χ4n) is 1.29. The lowest BCUT2D eigenvalue weighted by Gasteiger charge is -2.06. The third-order valence-electron chi connectivity index (χ3n) is 2.09. The van der Waals surface area contributed by atoms with E-state index in [1.807, 2.05) is 0 Å². The molecule has 17 heavy (non-hydrogen) atoms. The van der Waals surface area contributed by atoms with E-state index in [1.165, 1.54) is 6.92 Å². The van der Waals surface area contributed by atoms with Gasteiger partial charge in [0.25, 0.3) is 11.6 Å². The number of rotatable bonds is 4. The normalized spacial score (nSPS) is 10.1. The highest BCUT2D eigenvalue weighted by atomic mass is 19.1. The number of aliphatic hydroxyl groups is 1. The van der Waals surface area contributed by atoms with E-state index in [-0.39, 0.29) is 24.4 Å². The number of carbonyl (C=O) groups excluding carboxylic acids is 1. The zero-order valence-electron chi connectivity index (χ0n) is 9.07. The van der Waals surface area contributed by atoms with Gasteiger partial charge in [-0.3, -0.25) is 14.9 Å². The molecule has 0 aliphatic carbocycles. The molecule has 0 spiro atoms. The maximum atomic E-state index is 13.6. The van der Waals surface area contributed by atoms with Crippen molar-refractivity contribution in [2.24, 2.45) is 0 Å². The number of benzene rings is 1. The van der Waals surface area contributed by atoms with Crippen LogP contribution in [0.5, 0.6) is 0 Å². The van der Waals surface area contributed by atoms with Crippen molar-refractivity contribution in [1.82, 2.24) is 5.32 Å². The van der Waals surface area contributed by atoms with E-state index in [0.717, 1.165) is 12.1 Å². The average Bonchev–Trinajstić information content (AvgIpc) is 2.29. The van der Waals surface area contributed by atoms with Gasteiger partial charge in [-0.2, -0.15) is 0 Å². The van der Waals surface area contributed by atoms with Crippen LogP contribution in [0.15, 0.2) is 12.1 Å². The van der Waals surface area contributed by atoms with Gasteiger partial charge in [0.1, 0.15) is 5.82 Å². The fourth-order valence-corrected chi connectivity index (χ4v) is 1.29. The molecule has 0 aromatic heterocycles. The number of halogens is 1. The van der Waals surface area contributed by atoms with Crippen LogP contribution in [0.4, 0.5) is 10.1 Å². The molecule has 0 heterocycles. The lowest BCUT2D eigenvalue weighted by Crippen LogP contribution is -2.27. The zero-order chi connectivity index (χ0) is 13.0. The molecule has 0 aliphatic rings. The predicted molar refractivity (Wildman–Crippen MR) is 57.2 cm³/mol. The summed E-state index contributed by atoms with van der Waals surface area (Å²) in [6.07, 6.45) is 0. The van der Waals surface area contributed by atoms with Crippen LogP contribution in [-0.2, 0) is 0 Å². The van der Waals surface area contributed by atoms with Gasteiger partial charge >= 0.3 is 0 Å². The van der Waals surface area contributed by atoms with Crippen molar-refractivity contribution >= 4 is 11.6 Å². The Kier molecular flexibility index (Phi) is 4.11. The first kappa shape index (κ1) is 13.0. The molecule has 7 heteroatoms. The molecule has 1 rings (SSSR count). The second-order valence-electron chi connectivity index (χ2n) is 3.36. The number of carbonyl (C=O) groups is 1. The largest absolute Gasteiger partial charge is 0.395 e. The molecule has 0 atom stereocenters. The highest BCUT2D eigenvalue weighted by Gasteiger charge is 2.19. The number of nitro benzene ring substituents is 1. The van der Waals surface area contributed by atoms with Crippen LogP contribution >= 0.6 is 0 Å². The highest BCUT2D eigenvalue weighted by Crippen LogP contribution is 2.20. The number of nitrogens with one attached hydrogen (secondary N) is 1. The minimum Gasteiger partial charge on any atom is -0.395 e. The Bertz CT molecular complexity index is 462. The third kappa shape index (κ3) is 2.97. The molecule has 0 saturated heterocycles. The van der Waals surface area contributed by atoms with Crippen LogP contribution in [0.25, 0.3) is 0 Å². The number of aliphatic hydroxyl groups excluding tert-OH is 1. The van der Waals surface area contributed by atoms with Crippen LogP contribution < -0.4 is 5.32 Å². The van der Waals surface area contributed by atoms with E-state index in [2.05, 4.69) is 5.32 Å². The number of hydrogen-bond donors (Lipinski definition) is 2. The lowest BCUT2D eigenvalue weighted by atomic mass is 10.1. The predicted octanol–water partition coefficient (Wildman–Crippen LogP) is 0.764. The quantitative estimate of drug-likeness (QED) is 0.602. The maximum Gasteiger partial charge on any atom is 0.270 e. The van der Waals surface area contributed by atoms with Crippen molar-refractivity contribution in [2.45, 2.75) is 6.92 Å². The topological polar surface area (TPSA) is 92.5 Å². The van der Waals surface area contributed by atoms with Crippen molar-refractivity contribution in [2.75, 3.05) is 13.2 Å². The van der Waals surface area contributed by atoms with E-state index in [9.17, 15) is 19.3 Å². The van der Waals surface area contributed by atoms with Gasteiger partial charge in [-0.25, -0.2) is 4.39 Å². The molecule has 0 bridgehead atoms. The Morgan fingerprint density at radius 1 is 1.59 bits per heavy atom. The van der Waals surface area contributed by atoms with Crippen LogP contribution in [0.3, 0.4) is 0 Å². The average molecular weight is 242 g/mol. The molecular weight excluding hydrogens is 231 g/mol. The SMILES string of the molecule is Cc1cc([N+](=O)[O-])cc(C(=O)NCCO)c1F. The smallest absolute Gasteiger partial charge is 0.270 e. The first-order valence-electron chi connectivity index (χ1n) is 4.81. The minimum absolute atomic E-state index is 0.0216. The van der Waals surface area contributed by atoms with Crippen molar-refractivity contribution < 1.29 is 19.2 Å². The van der Waals surface area contributed by atoms with Gasteiger partial charge < -0.3 is 10.4 Å². The van der Waals surface area contributed by atoms with Crippen LogP contribution in [0, 0.1) is 22.9 Å². The van der Waals surface area contributed by atoms with Gasteiger partial charge in [0.15, 0.2) is 0 Å². The number of nitro groups is 1. The number of non-ortho nitro benzene ring substituents is 1. The summed E-state index contributed by atoms with van der Waals surface area (Å²) in [5, 5.41) is 21.3. The Labute approximate surface area is 96.2 Å². The molecule has 92 valence electrons. The standard InChI is InChI=1S/C10H11FN2O4/c1-6-4-7(13(16)17)5-8(9(6)11)10(15)12-2-3-14/h4-5,14H,2-3H2,1H3,(H,12,15). The third-order valence-corrected chi connectivity index (χ3v) is 2.09. The Balaban J connectivity index is 3.13. The summed E-state index contributed by atoms with van der Waals surface area (Å²) < 4.78 is 13.6. The van der Waals surface area contributed by atoms with Gasteiger partial charge in [0, 0.05) is 18.7 Å². The molecular formula is C10H11FN2O4. The first-order chi connectivity index (χ1) is 7.97. The summed E-state index contributed by atoms with van der Waals surface area (Å²) in [7, 11) is 0. The second kappa shape index (κ2) is 5.35. The molecule has 0 unspecified atom stereocenters. The molecule has 0 saturated carbocycles. The van der Waals surface area contributed by atoms with E-state index < -0.39 is 22.2 Å². The maximum absolute atomic E-state index is 13.6. The molecule has 1 amide bonds. The lowest BCUT2D eigenvalue weighted by molar-refractivity contribution is -0.385. The second-order valence-corrected chi connectivity index (χ2v) is 3.36. The molecule has 0 aliphatic heterocycles. The zero-order valence-corrected chi connectivity index (χ0v) is 9.07. The number of nitrogens with zero attached hydrogens (tertiary/aromatic N) is 1. The number of aryl methyl sites for hydroxylation is 1. The van der Waals surface area contributed by atoms with Crippen LogP contribution in [0.1, 0.15) is 15.9 Å². The van der Waals surface area contributed by atoms with Crippen LogP contribution in [-0.4, -0.2) is 29.1 Å². The molecule has 0 radical (unpaired) electrons. The van der Waals surface area contributed by atoms with E-state index in [0.29, 0.717) is 0 Å². The van der Waals surface area contributed by atoms with Crippen LogP contribution in [0.2, 0.25) is 0 Å². The highest BCUT2D eigenvalue weighted by molar-refractivity contribution is 5.95. The molecule has 6 nitrogen and oxygen atoms in total. The molecule has 1 aromatic carbocycles. The van der Waals surface area contributed by atoms with Crippen molar-refractivity contribution in [3.63, 3.8) is 0 Å². The Hall–Kier alpha value is -2.02. The van der Waals surface area contributed by atoms with E-state index >= 15 is 0 Å².